The summed E-state index contributed by atoms with van der Waals surface area (Å²) in [6.45, 7) is 0. The predicted molar refractivity (Wildman–Crippen MR) is 56.4 cm³/mol. The smallest absolute Gasteiger partial charge is 0.0916 e. The highest BCUT2D eigenvalue weighted by atomic mass is 32.1. The first-order valence-corrected chi connectivity index (χ1v) is 5.32. The van der Waals surface area contributed by atoms with E-state index in [4.69, 9.17) is 0 Å². The quantitative estimate of drug-likeness (QED) is 0.801. The summed E-state index contributed by atoms with van der Waals surface area (Å²) in [6.07, 6.45) is 4.46. The van der Waals surface area contributed by atoms with Gasteiger partial charge in [0, 0.05) is 19.7 Å². The SMILES string of the molecule is CNC(Cc1cn(C)nn1)c1cnsn1. The molecule has 0 saturated carbocycles. The Morgan fingerprint density at radius 3 is 3.00 bits per heavy atom. The van der Waals surface area contributed by atoms with Gasteiger partial charge in [-0.1, -0.05) is 5.21 Å². The lowest BCUT2D eigenvalue weighted by atomic mass is 10.1. The van der Waals surface area contributed by atoms with Crippen LogP contribution < -0.4 is 5.32 Å². The maximum absolute atomic E-state index is 4.20. The van der Waals surface area contributed by atoms with E-state index in [-0.39, 0.29) is 6.04 Å². The molecule has 15 heavy (non-hydrogen) atoms. The summed E-state index contributed by atoms with van der Waals surface area (Å²) < 4.78 is 9.89. The molecular formula is C8H12N6S. The van der Waals surface area contributed by atoms with Gasteiger partial charge in [-0.05, 0) is 7.05 Å². The van der Waals surface area contributed by atoms with Gasteiger partial charge in [-0.2, -0.15) is 8.75 Å². The molecule has 6 nitrogen and oxygen atoms in total. The van der Waals surface area contributed by atoms with Crippen LogP contribution in [0.2, 0.25) is 0 Å². The van der Waals surface area contributed by atoms with Crippen LogP contribution in [0.25, 0.3) is 0 Å². The Balaban J connectivity index is 2.09. The van der Waals surface area contributed by atoms with Gasteiger partial charge < -0.3 is 5.32 Å². The Morgan fingerprint density at radius 1 is 1.60 bits per heavy atom. The highest BCUT2D eigenvalue weighted by Gasteiger charge is 2.14. The minimum absolute atomic E-state index is 0.153. The Hall–Kier alpha value is -1.34. The molecule has 2 aromatic rings. The fourth-order valence-electron chi connectivity index (χ4n) is 1.38. The van der Waals surface area contributed by atoms with E-state index in [1.807, 2.05) is 20.3 Å². The number of likely N-dealkylation sites (N-methyl/N-ethyl adjacent to an activating group) is 1. The van der Waals surface area contributed by atoms with Gasteiger partial charge in [0.25, 0.3) is 0 Å². The van der Waals surface area contributed by atoms with Gasteiger partial charge >= 0.3 is 0 Å². The maximum atomic E-state index is 4.20. The standard InChI is InChI=1S/C8H12N6S/c1-9-7(8-4-10-15-12-8)3-6-5-14(2)13-11-6/h4-5,7,9H,3H2,1-2H3. The molecule has 0 saturated heterocycles. The second-order valence-electron chi connectivity index (χ2n) is 3.26. The van der Waals surface area contributed by atoms with Crippen LogP contribution in [0.15, 0.2) is 12.4 Å². The molecule has 0 aliphatic carbocycles. The molecule has 7 heteroatoms. The summed E-state index contributed by atoms with van der Waals surface area (Å²) in [5.74, 6) is 0. The summed E-state index contributed by atoms with van der Waals surface area (Å²) in [7, 11) is 3.76. The van der Waals surface area contributed by atoms with Crippen molar-refractivity contribution < 1.29 is 0 Å². The summed E-state index contributed by atoms with van der Waals surface area (Å²) in [4.78, 5) is 0. The van der Waals surface area contributed by atoms with Crippen molar-refractivity contribution in [3.8, 4) is 0 Å². The van der Waals surface area contributed by atoms with Gasteiger partial charge in [0.05, 0.1) is 35.4 Å². The van der Waals surface area contributed by atoms with E-state index in [0.29, 0.717) is 0 Å². The zero-order valence-corrected chi connectivity index (χ0v) is 9.40. The van der Waals surface area contributed by atoms with Crippen molar-refractivity contribution in [3.63, 3.8) is 0 Å². The van der Waals surface area contributed by atoms with Crippen molar-refractivity contribution in [2.24, 2.45) is 7.05 Å². The molecule has 2 rings (SSSR count). The van der Waals surface area contributed by atoms with E-state index in [1.54, 1.807) is 10.9 Å². The number of aromatic nitrogens is 5. The van der Waals surface area contributed by atoms with Crippen molar-refractivity contribution in [3.05, 3.63) is 23.8 Å². The predicted octanol–water partition coefficient (Wildman–Crippen LogP) is 0.170. The van der Waals surface area contributed by atoms with E-state index >= 15 is 0 Å². The topological polar surface area (TPSA) is 68.5 Å². The van der Waals surface area contributed by atoms with Gasteiger partial charge in [-0.3, -0.25) is 4.68 Å². The Bertz CT molecular complexity index is 408. The molecule has 0 fully saturated rings. The largest absolute Gasteiger partial charge is 0.311 e. The van der Waals surface area contributed by atoms with Crippen molar-refractivity contribution in [2.75, 3.05) is 7.05 Å². The number of hydrogen-bond donors (Lipinski definition) is 1. The normalized spacial score (nSPS) is 12.9. The molecule has 2 aromatic heterocycles. The first kappa shape index (κ1) is 10.2. The van der Waals surface area contributed by atoms with Crippen LogP contribution >= 0.6 is 11.7 Å². The van der Waals surface area contributed by atoms with Crippen LogP contribution in [0.3, 0.4) is 0 Å². The van der Waals surface area contributed by atoms with Gasteiger partial charge in [0.1, 0.15) is 0 Å². The molecule has 0 aliphatic heterocycles. The zero-order valence-electron chi connectivity index (χ0n) is 8.58. The molecule has 1 atom stereocenters. The van der Waals surface area contributed by atoms with Crippen LogP contribution in [-0.2, 0) is 13.5 Å². The summed E-state index contributed by atoms with van der Waals surface area (Å²) in [6, 6.07) is 0.153. The maximum Gasteiger partial charge on any atom is 0.0916 e. The highest BCUT2D eigenvalue weighted by Crippen LogP contribution is 2.14. The van der Waals surface area contributed by atoms with Crippen molar-refractivity contribution in [1.82, 2.24) is 29.1 Å². The van der Waals surface area contributed by atoms with Crippen LogP contribution in [0, 0.1) is 0 Å². The molecule has 1 unspecified atom stereocenters. The van der Waals surface area contributed by atoms with E-state index in [0.717, 1.165) is 17.8 Å². The summed E-state index contributed by atoms with van der Waals surface area (Å²) in [5.41, 5.74) is 1.90. The van der Waals surface area contributed by atoms with Gasteiger partial charge in [-0.25, -0.2) is 0 Å². The molecular weight excluding hydrogens is 212 g/mol. The minimum Gasteiger partial charge on any atom is -0.311 e. The highest BCUT2D eigenvalue weighted by molar-refractivity contribution is 6.99. The number of rotatable bonds is 4. The van der Waals surface area contributed by atoms with Crippen molar-refractivity contribution >= 4 is 11.7 Å². The monoisotopic (exact) mass is 224 g/mol. The molecule has 1 N–H and O–H groups in total. The minimum atomic E-state index is 0.153. The Kier molecular flexibility index (Phi) is 3.02. The third-order valence-electron chi connectivity index (χ3n) is 2.15. The molecule has 2 heterocycles. The lowest BCUT2D eigenvalue weighted by Crippen LogP contribution is -2.19. The number of nitrogens with zero attached hydrogens (tertiary/aromatic N) is 5. The molecule has 0 amide bonds. The molecule has 0 aromatic carbocycles. The molecule has 0 spiro atoms. The second-order valence-corrected chi connectivity index (χ2v) is 3.82. The number of hydrogen-bond acceptors (Lipinski definition) is 6. The van der Waals surface area contributed by atoms with E-state index in [1.165, 1.54) is 11.7 Å². The fraction of sp³-hybridized carbons (Fsp3) is 0.500. The van der Waals surface area contributed by atoms with Gasteiger partial charge in [-0.15, -0.1) is 5.10 Å². The third-order valence-corrected chi connectivity index (χ3v) is 2.64. The first-order chi connectivity index (χ1) is 7.29. The van der Waals surface area contributed by atoms with E-state index in [2.05, 4.69) is 24.4 Å². The van der Waals surface area contributed by atoms with E-state index < -0.39 is 0 Å². The molecule has 0 radical (unpaired) electrons. The number of aryl methyl sites for hydroxylation is 1. The van der Waals surface area contributed by atoms with Crippen molar-refractivity contribution in [1.29, 1.82) is 0 Å². The summed E-state index contributed by atoms with van der Waals surface area (Å²) in [5, 5.41) is 11.1. The van der Waals surface area contributed by atoms with Crippen LogP contribution in [0.4, 0.5) is 0 Å². The average Bonchev–Trinajstić information content (AvgIpc) is 2.85. The molecule has 80 valence electrons. The summed E-state index contributed by atoms with van der Waals surface area (Å²) >= 11 is 1.22. The van der Waals surface area contributed by atoms with Gasteiger partial charge in [0.15, 0.2) is 0 Å². The average molecular weight is 224 g/mol. The van der Waals surface area contributed by atoms with Crippen LogP contribution in [0.5, 0.6) is 0 Å². The van der Waals surface area contributed by atoms with E-state index in [9.17, 15) is 0 Å². The Labute approximate surface area is 91.7 Å². The van der Waals surface area contributed by atoms with Gasteiger partial charge in [0.2, 0.25) is 0 Å². The fourth-order valence-corrected chi connectivity index (χ4v) is 1.85. The molecule has 0 aliphatic rings. The second kappa shape index (κ2) is 4.45. The lowest BCUT2D eigenvalue weighted by Gasteiger charge is -2.10. The first-order valence-electron chi connectivity index (χ1n) is 4.59. The van der Waals surface area contributed by atoms with Crippen molar-refractivity contribution in [2.45, 2.75) is 12.5 Å². The van der Waals surface area contributed by atoms with Crippen LogP contribution in [-0.4, -0.2) is 30.8 Å². The Morgan fingerprint density at radius 2 is 2.47 bits per heavy atom. The zero-order chi connectivity index (χ0) is 10.7. The number of nitrogens with one attached hydrogen (secondary N) is 1. The molecule has 0 bridgehead atoms. The third kappa shape index (κ3) is 2.37. The van der Waals surface area contributed by atoms with Crippen LogP contribution in [0.1, 0.15) is 17.4 Å². The lowest BCUT2D eigenvalue weighted by molar-refractivity contribution is 0.572.